The van der Waals surface area contributed by atoms with Crippen LogP contribution in [0.3, 0.4) is 0 Å². The third-order valence-electron chi connectivity index (χ3n) is 1.91. The van der Waals surface area contributed by atoms with Crippen molar-refractivity contribution >= 4 is 12.4 Å². The molecular weight excluding hydrogens is 270 g/mol. The maximum absolute atomic E-state index is 10.9. The van der Waals surface area contributed by atoms with Crippen molar-refractivity contribution in [3.05, 3.63) is 28.7 Å². The summed E-state index contributed by atoms with van der Waals surface area (Å²) in [6.45, 7) is 0. The summed E-state index contributed by atoms with van der Waals surface area (Å²) in [6, 6.07) is 0. The molecule has 0 aliphatic heterocycles. The fourth-order valence-corrected chi connectivity index (χ4v) is 1.07. The Labute approximate surface area is 111 Å². The third-order valence-corrected chi connectivity index (χ3v) is 1.91. The SMILES string of the molecule is O=[N+](ON=CCc1cn[nH]n1)ON=CCc1cn[nH]n1. The highest BCUT2D eigenvalue weighted by Gasteiger charge is 2.04. The van der Waals surface area contributed by atoms with Gasteiger partial charge in [0.2, 0.25) is 0 Å². The Morgan fingerprint density at radius 2 is 1.55 bits per heavy atom. The number of aromatic amines is 2. The Kier molecular flexibility index (Phi) is 4.84. The van der Waals surface area contributed by atoms with E-state index in [2.05, 4.69) is 51.0 Å². The number of oxime groups is 2. The van der Waals surface area contributed by atoms with E-state index in [0.29, 0.717) is 24.2 Å². The fourth-order valence-electron chi connectivity index (χ4n) is 1.07. The van der Waals surface area contributed by atoms with Gasteiger partial charge in [-0.1, -0.05) is 9.88 Å². The first-order valence-corrected chi connectivity index (χ1v) is 5.39. The number of nitrogens with zero attached hydrogens (tertiary/aromatic N) is 7. The van der Waals surface area contributed by atoms with Crippen LogP contribution >= 0.6 is 0 Å². The third kappa shape index (κ3) is 4.59. The summed E-state index contributed by atoms with van der Waals surface area (Å²) >= 11 is 0. The zero-order valence-corrected chi connectivity index (χ0v) is 10.1. The molecule has 0 unspecified atom stereocenters. The monoisotopic (exact) mass is 280 g/mol. The number of hydrogen-bond donors (Lipinski definition) is 2. The van der Waals surface area contributed by atoms with E-state index >= 15 is 0 Å². The minimum absolute atomic E-state index is 0.251. The normalized spacial score (nSPS) is 11.2. The number of H-pyrrole nitrogens is 2. The molecular formula is C8H10N9O3+. The van der Waals surface area contributed by atoms with E-state index in [9.17, 15) is 4.91 Å². The minimum atomic E-state index is -0.251. The molecule has 2 aromatic rings. The molecule has 0 aliphatic rings. The molecule has 0 spiro atoms. The summed E-state index contributed by atoms with van der Waals surface area (Å²) in [4.78, 5) is 19.5. The maximum Gasteiger partial charge on any atom is 0.348 e. The highest BCUT2D eigenvalue weighted by atomic mass is 17.1. The van der Waals surface area contributed by atoms with Gasteiger partial charge in [-0.15, -0.1) is 0 Å². The van der Waals surface area contributed by atoms with Crippen molar-refractivity contribution in [1.29, 1.82) is 0 Å². The molecule has 0 radical (unpaired) electrons. The number of aromatic nitrogens is 6. The quantitative estimate of drug-likeness (QED) is 0.481. The lowest BCUT2D eigenvalue weighted by molar-refractivity contribution is -0.984. The van der Waals surface area contributed by atoms with Gasteiger partial charge in [0.1, 0.15) is 12.4 Å². The van der Waals surface area contributed by atoms with Gasteiger partial charge in [0, 0.05) is 12.8 Å². The molecule has 104 valence electrons. The summed E-state index contributed by atoms with van der Waals surface area (Å²) in [6.07, 6.45) is 6.41. The van der Waals surface area contributed by atoms with Gasteiger partial charge < -0.3 is 0 Å². The average Bonchev–Trinajstić information content (AvgIpc) is 3.13. The summed E-state index contributed by atoms with van der Waals surface area (Å²) in [5, 5.41) is 26.1. The van der Waals surface area contributed by atoms with E-state index in [1.807, 2.05) is 0 Å². The average molecular weight is 280 g/mol. The van der Waals surface area contributed by atoms with Gasteiger partial charge in [-0.3, -0.25) is 0 Å². The second kappa shape index (κ2) is 7.30. The Morgan fingerprint density at radius 1 is 1.05 bits per heavy atom. The summed E-state index contributed by atoms with van der Waals surface area (Å²) in [5.41, 5.74) is 1.31. The van der Waals surface area contributed by atoms with Crippen molar-refractivity contribution < 1.29 is 15.0 Å². The van der Waals surface area contributed by atoms with E-state index in [-0.39, 0.29) is 5.09 Å². The van der Waals surface area contributed by atoms with Crippen LogP contribution in [0.5, 0.6) is 0 Å². The van der Waals surface area contributed by atoms with Gasteiger partial charge in [-0.05, 0) is 4.91 Å². The summed E-state index contributed by atoms with van der Waals surface area (Å²) < 4.78 is 0. The van der Waals surface area contributed by atoms with E-state index in [1.54, 1.807) is 0 Å². The number of nitrogens with one attached hydrogen (secondary N) is 2. The standard InChI is InChI=1S/C8H10N9O3/c18-17(19-11-3-1-7-5-9-15-13-7)20-12-4-2-8-6-10-16-14-8/h3-6H,1-2H2,(H,9,13,15)(H,10,14,16)/q+1. The molecule has 2 heterocycles. The Hall–Kier alpha value is -3.18. The van der Waals surface area contributed by atoms with Crippen LogP contribution in [0.25, 0.3) is 0 Å². The Morgan fingerprint density at radius 3 is 1.95 bits per heavy atom. The smallest absolute Gasteiger partial charge is 0.198 e. The highest BCUT2D eigenvalue weighted by Crippen LogP contribution is 1.90. The van der Waals surface area contributed by atoms with Crippen LogP contribution in [0.1, 0.15) is 11.4 Å². The summed E-state index contributed by atoms with van der Waals surface area (Å²) in [5.74, 6) is 0. The lowest BCUT2D eigenvalue weighted by atomic mass is 10.4. The van der Waals surface area contributed by atoms with Gasteiger partial charge in [-0.25, -0.2) is 0 Å². The number of rotatable bonds is 8. The number of hydrogen-bond acceptors (Lipinski definition) is 9. The van der Waals surface area contributed by atoms with Crippen LogP contribution in [-0.2, 0) is 22.7 Å². The molecule has 12 nitrogen and oxygen atoms in total. The van der Waals surface area contributed by atoms with Crippen LogP contribution in [-0.4, -0.2) is 48.3 Å². The van der Waals surface area contributed by atoms with Crippen LogP contribution in [0.15, 0.2) is 22.7 Å². The molecule has 2 N–H and O–H groups in total. The topological polar surface area (TPSA) is 146 Å². The van der Waals surface area contributed by atoms with Crippen molar-refractivity contribution in [3.8, 4) is 0 Å². The second-order valence-electron chi connectivity index (χ2n) is 3.29. The van der Waals surface area contributed by atoms with E-state index in [1.165, 1.54) is 24.8 Å². The predicted octanol–water partition coefficient (Wildman–Crippen LogP) is -0.678. The molecule has 0 aromatic carbocycles. The highest BCUT2D eigenvalue weighted by molar-refractivity contribution is 5.59. The van der Waals surface area contributed by atoms with Crippen molar-refractivity contribution in [2.24, 2.45) is 10.3 Å². The molecule has 0 saturated heterocycles. The largest absolute Gasteiger partial charge is 0.348 e. The zero-order valence-electron chi connectivity index (χ0n) is 10.1. The molecule has 0 fully saturated rings. The molecule has 0 bridgehead atoms. The van der Waals surface area contributed by atoms with E-state index < -0.39 is 0 Å². The van der Waals surface area contributed by atoms with Gasteiger partial charge in [-0.2, -0.15) is 30.8 Å². The molecule has 2 rings (SSSR count). The van der Waals surface area contributed by atoms with Crippen molar-refractivity contribution in [1.82, 2.24) is 30.8 Å². The van der Waals surface area contributed by atoms with E-state index in [0.717, 1.165) is 0 Å². The Bertz CT molecular complexity index is 512. The first-order chi connectivity index (χ1) is 9.84. The van der Waals surface area contributed by atoms with Crippen LogP contribution < -0.4 is 0 Å². The molecule has 2 aromatic heterocycles. The lowest BCUT2D eigenvalue weighted by Crippen LogP contribution is -2.03. The molecule has 0 saturated carbocycles. The van der Waals surface area contributed by atoms with Gasteiger partial charge in [0.25, 0.3) is 0 Å². The summed E-state index contributed by atoms with van der Waals surface area (Å²) in [7, 11) is 0. The zero-order chi connectivity index (χ0) is 14.0. The molecule has 0 aliphatic carbocycles. The first-order valence-electron chi connectivity index (χ1n) is 5.39. The van der Waals surface area contributed by atoms with Crippen molar-refractivity contribution in [2.75, 3.05) is 0 Å². The molecule has 12 heteroatoms. The van der Waals surface area contributed by atoms with E-state index in [4.69, 9.17) is 0 Å². The van der Waals surface area contributed by atoms with Gasteiger partial charge in [0.15, 0.2) is 0 Å². The fraction of sp³-hybridized carbons (Fsp3) is 0.250. The molecule has 20 heavy (non-hydrogen) atoms. The molecule has 0 amide bonds. The lowest BCUT2D eigenvalue weighted by Gasteiger charge is -1.84. The second-order valence-corrected chi connectivity index (χ2v) is 3.29. The predicted molar refractivity (Wildman–Crippen MR) is 63.0 cm³/mol. The van der Waals surface area contributed by atoms with Crippen molar-refractivity contribution in [3.63, 3.8) is 0 Å². The minimum Gasteiger partial charge on any atom is -0.198 e. The van der Waals surface area contributed by atoms with Crippen LogP contribution in [0.4, 0.5) is 0 Å². The maximum atomic E-state index is 10.9. The molecule has 0 atom stereocenters. The van der Waals surface area contributed by atoms with Gasteiger partial charge >= 0.3 is 5.09 Å². The Balaban J connectivity index is 1.60. The van der Waals surface area contributed by atoms with Crippen LogP contribution in [0, 0.1) is 4.91 Å². The first kappa shape index (κ1) is 13.3. The van der Waals surface area contributed by atoms with Crippen molar-refractivity contribution in [2.45, 2.75) is 12.8 Å². The van der Waals surface area contributed by atoms with Crippen LogP contribution in [0.2, 0.25) is 0 Å². The van der Waals surface area contributed by atoms with Gasteiger partial charge in [0.05, 0.1) is 34.1 Å².